The Morgan fingerprint density at radius 2 is 1.33 bits per heavy atom. The second-order valence-electron chi connectivity index (χ2n) is 0.696. The summed E-state index contributed by atoms with van der Waals surface area (Å²) in [6, 6.07) is 0. The molecule has 0 heterocycles. The summed E-state index contributed by atoms with van der Waals surface area (Å²) in [5.41, 5.74) is 0. The predicted molar refractivity (Wildman–Crippen MR) is 35.7 cm³/mol. The van der Waals surface area contributed by atoms with Gasteiger partial charge in [0.2, 0.25) is 0 Å². The topological polar surface area (TPSA) is 121 Å². The number of carbonyl (C=O) groups excluding carboxylic acids is 1. The van der Waals surface area contributed by atoms with Gasteiger partial charge < -0.3 is 21.2 Å². The van der Waals surface area contributed by atoms with E-state index in [2.05, 4.69) is 4.74 Å². The standard InChI is InChI=1S/C3H6O2.Na.3H2O.H/c1-3(4)5-2;;;;;/h1-2H3;;3*1H2;. The van der Waals surface area contributed by atoms with Crippen LogP contribution in [0.15, 0.2) is 0 Å². The van der Waals surface area contributed by atoms with Gasteiger partial charge in [-0.3, -0.25) is 4.79 Å². The van der Waals surface area contributed by atoms with Gasteiger partial charge in [0.15, 0.2) is 0 Å². The van der Waals surface area contributed by atoms with Gasteiger partial charge in [-0.2, -0.15) is 0 Å². The van der Waals surface area contributed by atoms with Crippen molar-refractivity contribution in [2.24, 2.45) is 0 Å². The summed E-state index contributed by atoms with van der Waals surface area (Å²) in [5, 5.41) is 0. The van der Waals surface area contributed by atoms with Crippen LogP contribution >= 0.6 is 0 Å². The number of esters is 1. The summed E-state index contributed by atoms with van der Waals surface area (Å²) < 4.78 is 4.11. The molecule has 9 heavy (non-hydrogen) atoms. The third-order valence-corrected chi connectivity index (χ3v) is 0.287. The molecule has 0 aliphatic rings. The van der Waals surface area contributed by atoms with Gasteiger partial charge in [-0.15, -0.1) is 0 Å². The number of hydrogen-bond acceptors (Lipinski definition) is 2. The van der Waals surface area contributed by atoms with E-state index in [4.69, 9.17) is 0 Å². The molecule has 6 N–H and O–H groups in total. The van der Waals surface area contributed by atoms with Crippen molar-refractivity contribution in [3.05, 3.63) is 0 Å². The van der Waals surface area contributed by atoms with E-state index in [1.54, 1.807) is 0 Å². The Labute approximate surface area is 75.6 Å². The van der Waals surface area contributed by atoms with E-state index in [1.165, 1.54) is 14.0 Å². The molecule has 0 aliphatic heterocycles. The molecule has 0 unspecified atom stereocenters. The molecule has 0 spiro atoms. The molecule has 6 heteroatoms. The van der Waals surface area contributed by atoms with Crippen molar-refractivity contribution in [3.8, 4) is 0 Å². The fourth-order valence-corrected chi connectivity index (χ4v) is 0. The van der Waals surface area contributed by atoms with Gasteiger partial charge in [-0.25, -0.2) is 0 Å². The van der Waals surface area contributed by atoms with Gasteiger partial charge in [0.1, 0.15) is 0 Å². The average Bonchev–Trinajstić information content (AvgIpc) is 1.38. The SMILES string of the molecule is COC(C)=O.O.O.O.[NaH]. The molecular weight excluding hydrogens is 139 g/mol. The van der Waals surface area contributed by atoms with Crippen molar-refractivity contribution in [1.82, 2.24) is 0 Å². The Morgan fingerprint density at radius 1 is 1.22 bits per heavy atom. The molecule has 0 aliphatic carbocycles. The Hall–Kier alpha value is 0.350. The first kappa shape index (κ1) is 34.5. The molecule has 0 atom stereocenters. The molecule has 0 aromatic rings. The Kier molecular flexibility index (Phi) is 91.3. The fraction of sp³-hybridized carbons (Fsp3) is 0.667. The number of methoxy groups -OCH3 is 1. The van der Waals surface area contributed by atoms with Crippen molar-refractivity contribution >= 4 is 35.5 Å². The molecule has 0 bridgehead atoms. The molecular formula is C3H13NaO5. The predicted octanol–water partition coefficient (Wildman–Crippen LogP) is -2.94. The number of ether oxygens (including phenoxy) is 1. The van der Waals surface area contributed by atoms with Crippen molar-refractivity contribution < 1.29 is 26.0 Å². The van der Waals surface area contributed by atoms with Gasteiger partial charge in [-0.1, -0.05) is 0 Å². The van der Waals surface area contributed by atoms with E-state index >= 15 is 0 Å². The second-order valence-corrected chi connectivity index (χ2v) is 0.696. The van der Waals surface area contributed by atoms with Crippen LogP contribution in [0.25, 0.3) is 0 Å². The van der Waals surface area contributed by atoms with Crippen LogP contribution in [-0.2, 0) is 9.53 Å². The van der Waals surface area contributed by atoms with Gasteiger partial charge >= 0.3 is 35.5 Å². The molecule has 0 amide bonds. The van der Waals surface area contributed by atoms with Crippen LogP contribution in [-0.4, -0.2) is 59.1 Å². The van der Waals surface area contributed by atoms with Gasteiger partial charge in [0.05, 0.1) is 7.11 Å². The van der Waals surface area contributed by atoms with Crippen LogP contribution in [0.5, 0.6) is 0 Å². The minimum atomic E-state index is -0.245. The van der Waals surface area contributed by atoms with Crippen LogP contribution in [0.3, 0.4) is 0 Å². The Bertz CT molecular complexity index is 47.5. The summed E-state index contributed by atoms with van der Waals surface area (Å²) in [7, 11) is 1.35. The third-order valence-electron chi connectivity index (χ3n) is 0.287. The van der Waals surface area contributed by atoms with E-state index in [0.29, 0.717) is 0 Å². The van der Waals surface area contributed by atoms with Crippen molar-refractivity contribution in [2.75, 3.05) is 7.11 Å². The molecule has 5 nitrogen and oxygen atoms in total. The quantitative estimate of drug-likeness (QED) is 0.272. The Morgan fingerprint density at radius 3 is 1.33 bits per heavy atom. The van der Waals surface area contributed by atoms with Gasteiger partial charge in [0, 0.05) is 6.92 Å². The normalized spacial score (nSPS) is 3.78. The first-order chi connectivity index (χ1) is 2.27. The Balaban J connectivity index is -0.0000000133. The zero-order valence-corrected chi connectivity index (χ0v) is 4.82. The number of hydrogen-bond donors (Lipinski definition) is 0. The molecule has 0 aromatic carbocycles. The molecule has 56 valence electrons. The zero-order chi connectivity index (χ0) is 4.28. The fourth-order valence-electron chi connectivity index (χ4n) is 0. The minimum absolute atomic E-state index is 0. The first-order valence-corrected chi connectivity index (χ1v) is 1.32. The maximum atomic E-state index is 9.59. The van der Waals surface area contributed by atoms with E-state index < -0.39 is 0 Å². The molecule has 0 rings (SSSR count). The van der Waals surface area contributed by atoms with Gasteiger partial charge in [-0.05, 0) is 0 Å². The summed E-state index contributed by atoms with van der Waals surface area (Å²) in [5.74, 6) is -0.245. The summed E-state index contributed by atoms with van der Waals surface area (Å²) in [6.07, 6.45) is 0. The van der Waals surface area contributed by atoms with Crippen molar-refractivity contribution in [3.63, 3.8) is 0 Å². The van der Waals surface area contributed by atoms with Crippen LogP contribution in [0, 0.1) is 0 Å². The van der Waals surface area contributed by atoms with E-state index in [-0.39, 0.29) is 52.0 Å². The summed E-state index contributed by atoms with van der Waals surface area (Å²) in [6.45, 7) is 1.36. The van der Waals surface area contributed by atoms with E-state index in [0.717, 1.165) is 0 Å². The van der Waals surface area contributed by atoms with Gasteiger partial charge in [0.25, 0.3) is 0 Å². The molecule has 0 fully saturated rings. The van der Waals surface area contributed by atoms with Crippen molar-refractivity contribution in [1.29, 1.82) is 0 Å². The average molecular weight is 152 g/mol. The van der Waals surface area contributed by atoms with Crippen LogP contribution in [0.4, 0.5) is 0 Å². The van der Waals surface area contributed by atoms with Crippen molar-refractivity contribution in [2.45, 2.75) is 6.92 Å². The second kappa shape index (κ2) is 23.8. The molecule has 0 saturated carbocycles. The van der Waals surface area contributed by atoms with Crippen LogP contribution in [0.2, 0.25) is 0 Å². The van der Waals surface area contributed by atoms with Crippen LogP contribution < -0.4 is 0 Å². The van der Waals surface area contributed by atoms with E-state index in [1.807, 2.05) is 0 Å². The number of rotatable bonds is 0. The molecule has 0 saturated heterocycles. The third kappa shape index (κ3) is 61.0. The first-order valence-electron chi connectivity index (χ1n) is 1.32. The molecule has 0 radical (unpaired) electrons. The summed E-state index contributed by atoms with van der Waals surface area (Å²) in [4.78, 5) is 9.59. The molecule has 0 aromatic heterocycles. The maximum absolute atomic E-state index is 9.59. The number of carbonyl (C=O) groups is 1. The zero-order valence-electron chi connectivity index (χ0n) is 4.82. The summed E-state index contributed by atoms with van der Waals surface area (Å²) >= 11 is 0. The van der Waals surface area contributed by atoms with Crippen LogP contribution in [0.1, 0.15) is 6.92 Å². The monoisotopic (exact) mass is 152 g/mol. The van der Waals surface area contributed by atoms with E-state index in [9.17, 15) is 4.79 Å².